The molecule has 3 saturated carbocycles. The van der Waals surface area contributed by atoms with Gasteiger partial charge in [0.1, 0.15) is 17.5 Å². The molecule has 1 aromatic carbocycles. The molecule has 3 N–H and O–H groups in total. The van der Waals surface area contributed by atoms with Crippen LogP contribution in [0.25, 0.3) is 0 Å². The average molecular weight is 749 g/mol. The van der Waals surface area contributed by atoms with E-state index in [1.54, 1.807) is 39.8 Å². The van der Waals surface area contributed by atoms with Gasteiger partial charge in [-0.2, -0.15) is 8.42 Å². The minimum Gasteiger partial charge on any atom is -0.461 e. The number of aryl methyl sites for hydroxylation is 1. The van der Waals surface area contributed by atoms with Gasteiger partial charge in [-0.25, -0.2) is 9.59 Å². The molecule has 12 nitrogen and oxygen atoms in total. The highest BCUT2D eigenvalue weighted by molar-refractivity contribution is 7.86. The van der Waals surface area contributed by atoms with E-state index in [1.807, 2.05) is 13.8 Å². The van der Waals surface area contributed by atoms with E-state index in [0.29, 0.717) is 32.1 Å². The number of ether oxygens (including phenoxy) is 2. The predicted molar refractivity (Wildman–Crippen MR) is 194 cm³/mol. The van der Waals surface area contributed by atoms with Gasteiger partial charge in [-0.3, -0.25) is 13.8 Å². The third kappa shape index (κ3) is 8.06. The predicted octanol–water partition coefficient (Wildman–Crippen LogP) is 5.62. The topological polar surface area (TPSA) is 174 Å². The zero-order chi connectivity index (χ0) is 38.9. The minimum atomic E-state index is -4.26. The Morgan fingerprint density at radius 2 is 1.69 bits per heavy atom. The Balaban J connectivity index is 1.58. The lowest BCUT2D eigenvalue weighted by atomic mass is 9.26. The Morgan fingerprint density at radius 3 is 2.31 bits per heavy atom. The Labute approximate surface area is 309 Å². The summed E-state index contributed by atoms with van der Waals surface area (Å²) in [7, 11) is -4.26. The van der Waals surface area contributed by atoms with Crippen LogP contribution in [0.4, 0.5) is 4.79 Å². The Kier molecular flexibility index (Phi) is 12.3. The summed E-state index contributed by atoms with van der Waals surface area (Å²) in [6.45, 7) is 16.7. The van der Waals surface area contributed by atoms with Crippen LogP contribution in [0.5, 0.6) is 0 Å². The molecule has 292 valence electrons. The Bertz CT molecular complexity index is 1610. The molecule has 2 bridgehead atoms. The van der Waals surface area contributed by atoms with Crippen LogP contribution in [0, 0.1) is 40.4 Å². The van der Waals surface area contributed by atoms with Gasteiger partial charge in [0.15, 0.2) is 6.61 Å². The fraction of sp³-hybridized carbons (Fsp3) is 0.744. The van der Waals surface area contributed by atoms with E-state index in [-0.39, 0.29) is 48.4 Å². The summed E-state index contributed by atoms with van der Waals surface area (Å²) in [6.07, 6.45) is 1.06. The molecular weight excluding hydrogens is 688 g/mol. The summed E-state index contributed by atoms with van der Waals surface area (Å²) in [6, 6.07) is 6.05. The molecule has 4 rings (SSSR count). The molecule has 1 aromatic rings. The van der Waals surface area contributed by atoms with E-state index < -0.39 is 74.2 Å². The molecule has 0 saturated heterocycles. The van der Waals surface area contributed by atoms with Crippen LogP contribution < -0.4 is 10.6 Å². The van der Waals surface area contributed by atoms with Crippen molar-refractivity contribution in [1.29, 1.82) is 0 Å². The largest absolute Gasteiger partial charge is 0.461 e. The van der Waals surface area contributed by atoms with Gasteiger partial charge >= 0.3 is 12.1 Å². The molecule has 1 spiro atoms. The van der Waals surface area contributed by atoms with E-state index in [2.05, 4.69) is 31.4 Å². The number of carbonyl (C=O) groups excluding carboxylic acids is 4. The molecule has 0 heterocycles. The van der Waals surface area contributed by atoms with Crippen molar-refractivity contribution in [1.82, 2.24) is 10.6 Å². The van der Waals surface area contributed by atoms with Crippen molar-refractivity contribution >= 4 is 33.9 Å². The van der Waals surface area contributed by atoms with Gasteiger partial charge in [0.25, 0.3) is 10.1 Å². The van der Waals surface area contributed by atoms with Crippen molar-refractivity contribution in [2.45, 2.75) is 136 Å². The van der Waals surface area contributed by atoms with E-state index >= 15 is 0 Å². The Hall–Kier alpha value is -3.03. The van der Waals surface area contributed by atoms with Crippen molar-refractivity contribution in [2.24, 2.45) is 33.5 Å². The standard InChI is InChI=1S/C39H60N2O10S/c1-10-25(2)20-39-24-38(17-16-30(39)42)27(4)32(44)36(8,33(45)40-18-11-19-41-34(46)51-35(5,6)7)21-28(22-37(38,39)9)50-31(43)23-49-52(47,48)29-14-12-26(3)13-15-29/h12-15,25,27-28,32,44H,10-11,16-24H2,1-9H3,(H,40,45)(H,41,46)/t25-,27-,28+,32?,36-,37?,38+,39?/m0/s1. The highest BCUT2D eigenvalue weighted by atomic mass is 32.2. The summed E-state index contributed by atoms with van der Waals surface area (Å²) in [5, 5.41) is 17.8. The zero-order valence-electron chi connectivity index (χ0n) is 32.4. The van der Waals surface area contributed by atoms with Gasteiger partial charge in [0.2, 0.25) is 5.91 Å². The number of hydrogen-bond acceptors (Lipinski definition) is 10. The molecule has 3 aliphatic rings. The molecule has 2 amide bonds. The van der Waals surface area contributed by atoms with Crippen molar-refractivity contribution in [3.8, 4) is 0 Å². The van der Waals surface area contributed by atoms with E-state index in [9.17, 15) is 32.7 Å². The number of nitrogens with one attached hydrogen (secondary N) is 2. The summed E-state index contributed by atoms with van der Waals surface area (Å²) >= 11 is 0. The van der Waals surface area contributed by atoms with Crippen molar-refractivity contribution in [3.05, 3.63) is 29.8 Å². The van der Waals surface area contributed by atoms with Crippen molar-refractivity contribution in [2.75, 3.05) is 19.7 Å². The number of aliphatic hydroxyl groups is 1. The number of amides is 2. The lowest BCUT2D eigenvalue weighted by Crippen LogP contribution is -2.76. The van der Waals surface area contributed by atoms with Crippen LogP contribution in [0.2, 0.25) is 0 Å². The molecule has 13 heteroatoms. The van der Waals surface area contributed by atoms with Crippen LogP contribution in [0.3, 0.4) is 0 Å². The number of ketones is 1. The SMILES string of the molecule is CC[C@H](C)CC12C[C@]3(CCC1=O)[C@@H](C)C(O)[C@@](C)(C(=O)NCCCNC(=O)OC(C)(C)C)C[C@@H](OC(=O)COS(=O)(=O)c1ccc(C)cc1)CC23C. The monoisotopic (exact) mass is 748 g/mol. The Morgan fingerprint density at radius 1 is 1.06 bits per heavy atom. The molecule has 8 atom stereocenters. The zero-order valence-corrected chi connectivity index (χ0v) is 33.2. The fourth-order valence-corrected chi connectivity index (χ4v) is 10.3. The quantitative estimate of drug-likeness (QED) is 0.131. The van der Waals surface area contributed by atoms with Gasteiger partial charge in [-0.1, -0.05) is 51.8 Å². The number of benzene rings is 1. The second-order valence-corrected chi connectivity index (χ2v) is 18.7. The van der Waals surface area contributed by atoms with Gasteiger partial charge in [0.05, 0.1) is 16.4 Å². The fourth-order valence-electron chi connectivity index (χ4n) is 9.49. The maximum absolute atomic E-state index is 14.1. The number of fused-ring (bicyclic) bond motifs is 2. The van der Waals surface area contributed by atoms with Crippen LogP contribution in [0.1, 0.15) is 112 Å². The number of hydrogen-bond donors (Lipinski definition) is 3. The number of aliphatic hydroxyl groups excluding tert-OH is 1. The van der Waals surface area contributed by atoms with Crippen LogP contribution in [0.15, 0.2) is 29.2 Å². The summed E-state index contributed by atoms with van der Waals surface area (Å²) in [5.74, 6) is -1.26. The smallest absolute Gasteiger partial charge is 0.407 e. The van der Waals surface area contributed by atoms with E-state index in [0.717, 1.165) is 12.0 Å². The number of Topliss-reactive ketones (excluding diaryl/α,β-unsaturated/α-hetero) is 1. The van der Waals surface area contributed by atoms with E-state index in [4.69, 9.17) is 13.7 Å². The maximum Gasteiger partial charge on any atom is 0.407 e. The lowest BCUT2D eigenvalue weighted by Gasteiger charge is -2.77. The first kappa shape index (κ1) is 41.7. The number of carbonyl (C=O) groups is 4. The maximum atomic E-state index is 14.1. The molecule has 0 aliphatic heterocycles. The first-order chi connectivity index (χ1) is 24.1. The first-order valence-electron chi connectivity index (χ1n) is 18.7. The van der Waals surface area contributed by atoms with Gasteiger partial charge < -0.3 is 25.2 Å². The van der Waals surface area contributed by atoms with Crippen LogP contribution in [-0.2, 0) is 38.2 Å². The van der Waals surface area contributed by atoms with E-state index in [1.165, 1.54) is 12.1 Å². The highest BCUT2D eigenvalue weighted by Crippen LogP contribution is 2.80. The molecule has 52 heavy (non-hydrogen) atoms. The average Bonchev–Trinajstić information content (AvgIpc) is 3.05. The third-order valence-corrected chi connectivity index (χ3v) is 13.8. The number of alkyl carbamates (subject to hydrolysis) is 1. The number of rotatable bonds is 13. The van der Waals surface area contributed by atoms with Gasteiger partial charge in [-0.05, 0) is 102 Å². The van der Waals surface area contributed by atoms with Gasteiger partial charge in [-0.15, -0.1) is 0 Å². The second-order valence-electron chi connectivity index (χ2n) is 17.1. The summed E-state index contributed by atoms with van der Waals surface area (Å²) < 4.78 is 42.1. The summed E-state index contributed by atoms with van der Waals surface area (Å²) in [5.41, 5.74) is -3.01. The molecule has 3 fully saturated rings. The molecule has 3 aliphatic carbocycles. The molecular formula is C39H60N2O10S. The van der Waals surface area contributed by atoms with Crippen molar-refractivity contribution < 1.29 is 46.4 Å². The highest BCUT2D eigenvalue weighted by Gasteiger charge is 2.78. The molecule has 3 unspecified atom stereocenters. The lowest BCUT2D eigenvalue weighted by molar-refractivity contribution is -0.290. The third-order valence-electron chi connectivity index (χ3n) is 12.5. The van der Waals surface area contributed by atoms with Crippen LogP contribution in [-0.4, -0.2) is 74.8 Å². The summed E-state index contributed by atoms with van der Waals surface area (Å²) in [4.78, 5) is 53.3. The van der Waals surface area contributed by atoms with Crippen LogP contribution >= 0.6 is 0 Å². The minimum absolute atomic E-state index is 0.0593. The number of esters is 1. The first-order valence-corrected chi connectivity index (χ1v) is 20.1. The molecule has 0 aromatic heterocycles. The van der Waals surface area contributed by atoms with Crippen molar-refractivity contribution in [3.63, 3.8) is 0 Å². The van der Waals surface area contributed by atoms with Gasteiger partial charge in [0, 0.05) is 31.3 Å². The molecule has 0 radical (unpaired) electrons. The normalized spacial score (nSPS) is 32.3. The second kappa shape index (κ2) is 15.4.